The van der Waals surface area contributed by atoms with Crippen LogP contribution in [0.3, 0.4) is 0 Å². The minimum absolute atomic E-state index is 0.111. The van der Waals surface area contributed by atoms with Crippen molar-refractivity contribution in [2.75, 3.05) is 19.7 Å². The van der Waals surface area contributed by atoms with E-state index in [9.17, 15) is 5.11 Å². The summed E-state index contributed by atoms with van der Waals surface area (Å²) in [5, 5.41) is 22.6. The van der Waals surface area contributed by atoms with Crippen LogP contribution >= 0.6 is 0 Å². The fourth-order valence-electron chi connectivity index (χ4n) is 2.41. The first-order valence-electron chi connectivity index (χ1n) is 6.51. The van der Waals surface area contributed by atoms with Crippen LogP contribution in [0, 0.1) is 5.41 Å². The molecule has 0 radical (unpaired) electrons. The predicted octanol–water partition coefficient (Wildman–Crippen LogP) is 1.68. The predicted molar refractivity (Wildman–Crippen MR) is 66.4 cm³/mol. The highest BCUT2D eigenvalue weighted by Crippen LogP contribution is 2.27. The fraction of sp³-hybridized carbons (Fsp3) is 1.00. The van der Waals surface area contributed by atoms with Gasteiger partial charge >= 0.3 is 0 Å². The normalized spacial score (nSPS) is 21.0. The summed E-state index contributed by atoms with van der Waals surface area (Å²) in [4.78, 5) is 0. The summed E-state index contributed by atoms with van der Waals surface area (Å²) < 4.78 is 0. The van der Waals surface area contributed by atoms with Gasteiger partial charge in [-0.05, 0) is 24.7 Å². The molecule has 1 aliphatic carbocycles. The lowest BCUT2D eigenvalue weighted by molar-refractivity contribution is 0.00296. The van der Waals surface area contributed by atoms with Crippen molar-refractivity contribution in [1.29, 1.82) is 0 Å². The van der Waals surface area contributed by atoms with Crippen LogP contribution in [-0.4, -0.2) is 35.5 Å². The van der Waals surface area contributed by atoms with Gasteiger partial charge in [0.25, 0.3) is 0 Å². The molecule has 96 valence electrons. The maximum absolute atomic E-state index is 10.3. The van der Waals surface area contributed by atoms with E-state index in [2.05, 4.69) is 19.2 Å². The van der Waals surface area contributed by atoms with E-state index in [0.29, 0.717) is 6.54 Å². The third-order valence-corrected chi connectivity index (χ3v) is 3.63. The van der Waals surface area contributed by atoms with Gasteiger partial charge in [0.15, 0.2) is 0 Å². The van der Waals surface area contributed by atoms with Gasteiger partial charge in [-0.25, -0.2) is 0 Å². The SMILES string of the molecule is CC(C)(CCO)CNCC1(O)CCCCC1. The molecule has 0 aromatic carbocycles. The van der Waals surface area contributed by atoms with E-state index in [-0.39, 0.29) is 12.0 Å². The number of aliphatic hydroxyl groups is 2. The van der Waals surface area contributed by atoms with Gasteiger partial charge in [-0.1, -0.05) is 33.1 Å². The zero-order chi connectivity index (χ0) is 12.1. The maximum atomic E-state index is 10.3. The van der Waals surface area contributed by atoms with E-state index in [1.807, 2.05) is 0 Å². The van der Waals surface area contributed by atoms with Crippen LogP contribution < -0.4 is 5.32 Å². The molecule has 0 aromatic rings. The molecule has 3 N–H and O–H groups in total. The molecule has 0 aromatic heterocycles. The molecule has 1 saturated carbocycles. The zero-order valence-electron chi connectivity index (χ0n) is 10.8. The molecule has 16 heavy (non-hydrogen) atoms. The molecule has 0 aliphatic heterocycles. The first-order valence-corrected chi connectivity index (χ1v) is 6.51. The van der Waals surface area contributed by atoms with E-state index in [1.165, 1.54) is 6.42 Å². The van der Waals surface area contributed by atoms with E-state index >= 15 is 0 Å². The first-order chi connectivity index (χ1) is 7.47. The second-order valence-corrected chi connectivity index (χ2v) is 6.03. The second-order valence-electron chi connectivity index (χ2n) is 6.03. The molecule has 0 spiro atoms. The Labute approximate surface area is 99.3 Å². The molecule has 3 heteroatoms. The van der Waals surface area contributed by atoms with Crippen molar-refractivity contribution in [1.82, 2.24) is 5.32 Å². The Hall–Kier alpha value is -0.120. The van der Waals surface area contributed by atoms with Gasteiger partial charge in [-0.2, -0.15) is 0 Å². The largest absolute Gasteiger partial charge is 0.396 e. The summed E-state index contributed by atoms with van der Waals surface area (Å²) in [6.45, 7) is 6.07. The smallest absolute Gasteiger partial charge is 0.0771 e. The summed E-state index contributed by atoms with van der Waals surface area (Å²) >= 11 is 0. The highest BCUT2D eigenvalue weighted by molar-refractivity contribution is 4.85. The molecule has 0 bridgehead atoms. The van der Waals surface area contributed by atoms with Gasteiger partial charge in [0.1, 0.15) is 0 Å². The molecule has 0 saturated heterocycles. The molecule has 0 unspecified atom stereocenters. The van der Waals surface area contributed by atoms with Crippen LogP contribution in [0.5, 0.6) is 0 Å². The standard InChI is InChI=1S/C13H27NO2/c1-12(2,8-9-15)10-14-11-13(16)6-4-3-5-7-13/h14-16H,3-11H2,1-2H3. The minimum atomic E-state index is -0.479. The zero-order valence-corrected chi connectivity index (χ0v) is 10.8. The van der Waals surface area contributed by atoms with Crippen LogP contribution in [0.2, 0.25) is 0 Å². The number of rotatable bonds is 6. The van der Waals surface area contributed by atoms with Crippen molar-refractivity contribution in [3.05, 3.63) is 0 Å². The molecule has 1 fully saturated rings. The quantitative estimate of drug-likeness (QED) is 0.649. The third-order valence-electron chi connectivity index (χ3n) is 3.63. The van der Waals surface area contributed by atoms with Crippen LogP contribution in [0.1, 0.15) is 52.4 Å². The topological polar surface area (TPSA) is 52.5 Å². The van der Waals surface area contributed by atoms with Crippen molar-refractivity contribution in [3.63, 3.8) is 0 Å². The molecule has 0 amide bonds. The minimum Gasteiger partial charge on any atom is -0.396 e. The van der Waals surface area contributed by atoms with Gasteiger partial charge < -0.3 is 15.5 Å². The lowest BCUT2D eigenvalue weighted by Gasteiger charge is -2.34. The van der Waals surface area contributed by atoms with Crippen molar-refractivity contribution < 1.29 is 10.2 Å². The van der Waals surface area contributed by atoms with Crippen molar-refractivity contribution in [2.24, 2.45) is 5.41 Å². The summed E-state index contributed by atoms with van der Waals surface area (Å²) in [5.74, 6) is 0. The molecule has 1 rings (SSSR count). The van der Waals surface area contributed by atoms with Gasteiger partial charge in [0.05, 0.1) is 5.60 Å². The van der Waals surface area contributed by atoms with Crippen LogP contribution in [0.25, 0.3) is 0 Å². The average Bonchev–Trinajstić information content (AvgIpc) is 2.17. The van der Waals surface area contributed by atoms with Crippen LogP contribution in [0.4, 0.5) is 0 Å². The molecule has 3 nitrogen and oxygen atoms in total. The van der Waals surface area contributed by atoms with Crippen molar-refractivity contribution in [3.8, 4) is 0 Å². The Morgan fingerprint density at radius 1 is 1.19 bits per heavy atom. The third kappa shape index (κ3) is 4.81. The monoisotopic (exact) mass is 229 g/mol. The summed E-state index contributed by atoms with van der Waals surface area (Å²) in [6.07, 6.45) is 6.23. The molecule has 1 aliphatic rings. The lowest BCUT2D eigenvalue weighted by Crippen LogP contribution is -2.44. The van der Waals surface area contributed by atoms with E-state index in [4.69, 9.17) is 5.11 Å². The van der Waals surface area contributed by atoms with Gasteiger partial charge in [0, 0.05) is 19.7 Å². The van der Waals surface area contributed by atoms with Crippen LogP contribution in [0.15, 0.2) is 0 Å². The number of nitrogens with one attached hydrogen (secondary N) is 1. The highest BCUT2D eigenvalue weighted by atomic mass is 16.3. The lowest BCUT2D eigenvalue weighted by atomic mass is 9.84. The number of hydrogen-bond acceptors (Lipinski definition) is 3. The van der Waals surface area contributed by atoms with E-state index in [0.717, 1.165) is 38.6 Å². The summed E-state index contributed by atoms with van der Waals surface area (Å²) in [7, 11) is 0. The summed E-state index contributed by atoms with van der Waals surface area (Å²) in [6, 6.07) is 0. The first kappa shape index (κ1) is 13.9. The summed E-state index contributed by atoms with van der Waals surface area (Å²) in [5.41, 5.74) is -0.368. The molecular formula is C13H27NO2. The van der Waals surface area contributed by atoms with E-state index < -0.39 is 5.60 Å². The molecular weight excluding hydrogens is 202 g/mol. The Morgan fingerprint density at radius 2 is 1.81 bits per heavy atom. The van der Waals surface area contributed by atoms with Gasteiger partial charge in [-0.3, -0.25) is 0 Å². The van der Waals surface area contributed by atoms with Gasteiger partial charge in [0.2, 0.25) is 0 Å². The Kier molecular flexibility index (Phi) is 5.22. The second kappa shape index (κ2) is 5.99. The van der Waals surface area contributed by atoms with Crippen LogP contribution in [-0.2, 0) is 0 Å². The Balaban J connectivity index is 2.23. The fourth-order valence-corrected chi connectivity index (χ4v) is 2.41. The molecule has 0 atom stereocenters. The molecule has 0 heterocycles. The highest BCUT2D eigenvalue weighted by Gasteiger charge is 2.29. The average molecular weight is 229 g/mol. The number of hydrogen-bond donors (Lipinski definition) is 3. The van der Waals surface area contributed by atoms with Crippen molar-refractivity contribution in [2.45, 2.75) is 58.0 Å². The van der Waals surface area contributed by atoms with E-state index in [1.54, 1.807) is 0 Å². The van der Waals surface area contributed by atoms with Gasteiger partial charge in [-0.15, -0.1) is 0 Å². The maximum Gasteiger partial charge on any atom is 0.0771 e. The Morgan fingerprint density at radius 3 is 2.38 bits per heavy atom. The Bertz CT molecular complexity index is 198. The van der Waals surface area contributed by atoms with Crippen molar-refractivity contribution >= 4 is 0 Å². The number of aliphatic hydroxyl groups excluding tert-OH is 1.